The minimum absolute atomic E-state index is 0.0103. The summed E-state index contributed by atoms with van der Waals surface area (Å²) in [6.45, 7) is 10.5. The number of carbonyl (C=O) groups excluding carboxylic acids is 2. The highest BCUT2D eigenvalue weighted by Gasteiger charge is 2.36. The SMILES string of the molecule is CCC(CC)N1CC(C(=O)NCc2ccccc2CN(C)C(C)C)CC1=O. The third-order valence-corrected chi connectivity index (χ3v) is 5.79. The Hall–Kier alpha value is -1.88. The maximum atomic E-state index is 12.7. The van der Waals surface area contributed by atoms with E-state index in [-0.39, 0.29) is 23.8 Å². The molecule has 1 heterocycles. The molecule has 0 aromatic heterocycles. The molecule has 0 bridgehead atoms. The normalized spacial score (nSPS) is 17.4. The van der Waals surface area contributed by atoms with Crippen LogP contribution in [-0.2, 0) is 22.7 Å². The van der Waals surface area contributed by atoms with Crippen LogP contribution in [0, 0.1) is 5.92 Å². The Balaban J connectivity index is 1.96. The summed E-state index contributed by atoms with van der Waals surface area (Å²) < 4.78 is 0. The van der Waals surface area contributed by atoms with E-state index in [0.717, 1.165) is 24.9 Å². The molecule has 1 fully saturated rings. The highest BCUT2D eigenvalue weighted by Crippen LogP contribution is 2.23. The van der Waals surface area contributed by atoms with E-state index in [1.807, 2.05) is 17.0 Å². The molecule has 0 aliphatic carbocycles. The fourth-order valence-corrected chi connectivity index (χ4v) is 3.65. The van der Waals surface area contributed by atoms with Crippen molar-refractivity contribution in [2.24, 2.45) is 5.92 Å². The summed E-state index contributed by atoms with van der Waals surface area (Å²) >= 11 is 0. The lowest BCUT2D eigenvalue weighted by Crippen LogP contribution is -2.37. The molecule has 5 heteroatoms. The molecule has 1 atom stereocenters. The monoisotopic (exact) mass is 373 g/mol. The van der Waals surface area contributed by atoms with Crippen LogP contribution in [0.1, 0.15) is 58.1 Å². The van der Waals surface area contributed by atoms with Gasteiger partial charge >= 0.3 is 0 Å². The predicted octanol–water partition coefficient (Wildman–Crippen LogP) is 3.18. The first kappa shape index (κ1) is 21.4. The molecule has 1 saturated heterocycles. The summed E-state index contributed by atoms with van der Waals surface area (Å²) in [7, 11) is 2.11. The summed E-state index contributed by atoms with van der Waals surface area (Å²) in [6.07, 6.45) is 2.21. The van der Waals surface area contributed by atoms with Crippen molar-refractivity contribution < 1.29 is 9.59 Å². The molecule has 150 valence electrons. The second kappa shape index (κ2) is 9.88. The van der Waals surface area contributed by atoms with Crippen molar-refractivity contribution in [2.75, 3.05) is 13.6 Å². The molecule has 1 aromatic carbocycles. The summed E-state index contributed by atoms with van der Waals surface area (Å²) in [6, 6.07) is 8.96. The van der Waals surface area contributed by atoms with Crippen LogP contribution in [0.25, 0.3) is 0 Å². The minimum atomic E-state index is -0.233. The van der Waals surface area contributed by atoms with Crippen molar-refractivity contribution in [3.8, 4) is 0 Å². The van der Waals surface area contributed by atoms with Crippen LogP contribution in [0.4, 0.5) is 0 Å². The van der Waals surface area contributed by atoms with Crippen molar-refractivity contribution in [1.82, 2.24) is 15.1 Å². The molecular weight excluding hydrogens is 338 g/mol. The van der Waals surface area contributed by atoms with Crippen molar-refractivity contribution in [3.63, 3.8) is 0 Å². The highest BCUT2D eigenvalue weighted by molar-refractivity contribution is 5.89. The number of nitrogens with zero attached hydrogens (tertiary/aromatic N) is 2. The van der Waals surface area contributed by atoms with Gasteiger partial charge in [-0.05, 0) is 44.9 Å². The fourth-order valence-electron chi connectivity index (χ4n) is 3.65. The first-order valence-corrected chi connectivity index (χ1v) is 10.2. The van der Waals surface area contributed by atoms with Gasteiger partial charge in [-0.1, -0.05) is 38.1 Å². The molecule has 1 unspecified atom stereocenters. The van der Waals surface area contributed by atoms with E-state index in [2.05, 4.69) is 57.1 Å². The van der Waals surface area contributed by atoms with Gasteiger partial charge < -0.3 is 10.2 Å². The molecule has 0 saturated carbocycles. The van der Waals surface area contributed by atoms with Gasteiger partial charge in [-0.2, -0.15) is 0 Å². The summed E-state index contributed by atoms with van der Waals surface area (Å²) in [5, 5.41) is 3.06. The van der Waals surface area contributed by atoms with Crippen LogP contribution in [0.15, 0.2) is 24.3 Å². The van der Waals surface area contributed by atoms with E-state index in [1.165, 1.54) is 5.56 Å². The molecular formula is C22H35N3O2. The van der Waals surface area contributed by atoms with Gasteiger partial charge in [0.15, 0.2) is 0 Å². The van der Waals surface area contributed by atoms with Gasteiger partial charge in [0.25, 0.3) is 0 Å². The third-order valence-electron chi connectivity index (χ3n) is 5.79. The zero-order valence-electron chi connectivity index (χ0n) is 17.5. The summed E-state index contributed by atoms with van der Waals surface area (Å²) in [4.78, 5) is 29.1. The molecule has 27 heavy (non-hydrogen) atoms. The van der Waals surface area contributed by atoms with Gasteiger partial charge in [0.1, 0.15) is 0 Å². The molecule has 1 aliphatic rings. The molecule has 0 spiro atoms. The van der Waals surface area contributed by atoms with Crippen molar-refractivity contribution in [1.29, 1.82) is 0 Å². The second-order valence-corrected chi connectivity index (χ2v) is 7.91. The van der Waals surface area contributed by atoms with Crippen molar-refractivity contribution in [2.45, 2.75) is 72.1 Å². The Morgan fingerprint density at radius 3 is 2.44 bits per heavy atom. The molecule has 2 amide bonds. The van der Waals surface area contributed by atoms with E-state index in [9.17, 15) is 9.59 Å². The standard InChI is InChI=1S/C22H35N3O2/c1-6-20(7-2)25-15-19(12-21(25)26)22(27)23-13-17-10-8-9-11-18(17)14-24(5)16(3)4/h8-11,16,19-20H,6-7,12-15H2,1-5H3,(H,23,27). The third kappa shape index (κ3) is 5.55. The van der Waals surface area contributed by atoms with Gasteiger partial charge in [-0.25, -0.2) is 0 Å². The largest absolute Gasteiger partial charge is 0.352 e. The topological polar surface area (TPSA) is 52.7 Å². The van der Waals surface area contributed by atoms with Crippen LogP contribution in [0.5, 0.6) is 0 Å². The van der Waals surface area contributed by atoms with E-state index in [1.54, 1.807) is 0 Å². The first-order valence-electron chi connectivity index (χ1n) is 10.2. The second-order valence-electron chi connectivity index (χ2n) is 7.91. The molecule has 0 radical (unpaired) electrons. The zero-order valence-corrected chi connectivity index (χ0v) is 17.5. The quantitative estimate of drug-likeness (QED) is 0.723. The lowest BCUT2D eigenvalue weighted by molar-refractivity contribution is -0.130. The number of carbonyl (C=O) groups is 2. The molecule has 2 rings (SSSR count). The number of nitrogens with one attached hydrogen (secondary N) is 1. The Bertz CT molecular complexity index is 640. The van der Waals surface area contributed by atoms with E-state index >= 15 is 0 Å². The van der Waals surface area contributed by atoms with Crippen LogP contribution in [0.2, 0.25) is 0 Å². The average Bonchev–Trinajstić information content (AvgIpc) is 3.03. The fraction of sp³-hybridized carbons (Fsp3) is 0.636. The van der Waals surface area contributed by atoms with Crippen LogP contribution < -0.4 is 5.32 Å². The highest BCUT2D eigenvalue weighted by atomic mass is 16.2. The summed E-state index contributed by atoms with van der Waals surface area (Å²) in [5.74, 6) is -0.129. The van der Waals surface area contributed by atoms with E-state index < -0.39 is 0 Å². The molecule has 1 aliphatic heterocycles. The first-order chi connectivity index (χ1) is 12.9. The smallest absolute Gasteiger partial charge is 0.225 e. The molecule has 5 nitrogen and oxygen atoms in total. The van der Waals surface area contributed by atoms with Crippen molar-refractivity contribution >= 4 is 11.8 Å². The summed E-state index contributed by atoms with van der Waals surface area (Å²) in [5.41, 5.74) is 2.37. The number of likely N-dealkylation sites (tertiary alicyclic amines) is 1. The van der Waals surface area contributed by atoms with Gasteiger partial charge in [-0.3, -0.25) is 14.5 Å². The minimum Gasteiger partial charge on any atom is -0.352 e. The molecule has 1 aromatic rings. The van der Waals surface area contributed by atoms with Gasteiger partial charge in [0.05, 0.1) is 5.92 Å². The Kier molecular flexibility index (Phi) is 7.84. The van der Waals surface area contributed by atoms with Crippen LogP contribution in [-0.4, -0.2) is 47.3 Å². The van der Waals surface area contributed by atoms with Gasteiger partial charge in [0, 0.05) is 38.1 Å². The predicted molar refractivity (Wildman–Crippen MR) is 109 cm³/mol. The Morgan fingerprint density at radius 2 is 1.85 bits per heavy atom. The number of hydrogen-bond donors (Lipinski definition) is 1. The number of hydrogen-bond acceptors (Lipinski definition) is 3. The number of amides is 2. The van der Waals surface area contributed by atoms with Crippen molar-refractivity contribution in [3.05, 3.63) is 35.4 Å². The van der Waals surface area contributed by atoms with E-state index in [0.29, 0.717) is 25.6 Å². The lowest BCUT2D eigenvalue weighted by Gasteiger charge is -2.26. The molecule has 1 N–H and O–H groups in total. The van der Waals surface area contributed by atoms with Crippen LogP contribution in [0.3, 0.4) is 0 Å². The maximum absolute atomic E-state index is 12.7. The zero-order chi connectivity index (χ0) is 20.0. The van der Waals surface area contributed by atoms with Gasteiger partial charge in [-0.15, -0.1) is 0 Å². The Morgan fingerprint density at radius 1 is 1.22 bits per heavy atom. The number of rotatable bonds is 9. The Labute approximate surface area is 164 Å². The van der Waals surface area contributed by atoms with Crippen LogP contribution >= 0.6 is 0 Å². The average molecular weight is 374 g/mol. The van der Waals surface area contributed by atoms with E-state index in [4.69, 9.17) is 0 Å². The lowest BCUT2D eigenvalue weighted by atomic mass is 10.0. The van der Waals surface area contributed by atoms with Gasteiger partial charge in [0.2, 0.25) is 11.8 Å². The number of benzene rings is 1. The maximum Gasteiger partial charge on any atom is 0.225 e.